The van der Waals surface area contributed by atoms with Gasteiger partial charge in [0.05, 0.1) is 18.0 Å². The Hall–Kier alpha value is -2.29. The van der Waals surface area contributed by atoms with Crippen molar-refractivity contribution in [3.63, 3.8) is 0 Å². The van der Waals surface area contributed by atoms with Gasteiger partial charge in [0.25, 0.3) is 0 Å². The van der Waals surface area contributed by atoms with Gasteiger partial charge in [0.15, 0.2) is 0 Å². The van der Waals surface area contributed by atoms with Crippen LogP contribution in [-0.2, 0) is 19.6 Å². The molecule has 2 aliphatic heterocycles. The third-order valence-corrected chi connectivity index (χ3v) is 8.89. The second-order valence-corrected chi connectivity index (χ2v) is 12.2. The minimum Gasteiger partial charge on any atom is -0.497 e. The van der Waals surface area contributed by atoms with Crippen molar-refractivity contribution in [1.29, 1.82) is 0 Å². The number of thioether (sulfide) groups is 1. The molecule has 0 unspecified atom stereocenters. The number of hydrogen-bond acceptors (Lipinski definition) is 6. The maximum atomic E-state index is 13.9. The van der Waals surface area contributed by atoms with Gasteiger partial charge in [-0.05, 0) is 68.5 Å². The highest BCUT2D eigenvalue weighted by atomic mass is 32.2. The van der Waals surface area contributed by atoms with Crippen LogP contribution in [0.25, 0.3) is 0 Å². The fraction of sp³-hybridized carbons (Fsp3) is 0.400. The van der Waals surface area contributed by atoms with Crippen molar-refractivity contribution < 1.29 is 22.7 Å². The van der Waals surface area contributed by atoms with Crippen LogP contribution in [0.1, 0.15) is 37.9 Å². The zero-order valence-corrected chi connectivity index (χ0v) is 21.1. The van der Waals surface area contributed by atoms with Gasteiger partial charge in [-0.1, -0.05) is 29.8 Å². The highest BCUT2D eigenvalue weighted by molar-refractivity contribution is 8.02. The standard InChI is InChI=1S/C25H29NO5S2/c1-17-9-11-21(12-10-17)33(28,29)26-14-19-15-32-16-25(19,23(27)31-24(2,3)4)22(26)18-7-6-8-20(13-18)30-5/h6-13,15,22H,14,16H2,1-5H3/t22-,25+/m0/s1. The van der Waals surface area contributed by atoms with Gasteiger partial charge >= 0.3 is 5.97 Å². The molecule has 1 saturated heterocycles. The van der Waals surface area contributed by atoms with E-state index in [2.05, 4.69) is 0 Å². The average Bonchev–Trinajstić information content (AvgIpc) is 3.30. The third kappa shape index (κ3) is 4.20. The molecular weight excluding hydrogens is 458 g/mol. The van der Waals surface area contributed by atoms with E-state index in [0.717, 1.165) is 11.1 Å². The quantitative estimate of drug-likeness (QED) is 0.569. The smallest absolute Gasteiger partial charge is 0.319 e. The molecule has 6 nitrogen and oxygen atoms in total. The number of sulfonamides is 1. The summed E-state index contributed by atoms with van der Waals surface area (Å²) in [5.74, 6) is 0.613. The summed E-state index contributed by atoms with van der Waals surface area (Å²) in [6.07, 6.45) is 0. The van der Waals surface area contributed by atoms with E-state index in [1.54, 1.807) is 43.5 Å². The number of benzene rings is 2. The summed E-state index contributed by atoms with van der Waals surface area (Å²) in [6.45, 7) is 7.51. The Kier molecular flexibility index (Phi) is 6.14. The lowest BCUT2D eigenvalue weighted by molar-refractivity contribution is -0.165. The first-order valence-electron chi connectivity index (χ1n) is 10.8. The zero-order chi connectivity index (χ0) is 24.0. The van der Waals surface area contributed by atoms with Gasteiger partial charge in [-0.15, -0.1) is 11.8 Å². The second kappa shape index (κ2) is 8.49. The van der Waals surface area contributed by atoms with Gasteiger partial charge in [-0.25, -0.2) is 8.42 Å². The number of fused-ring (bicyclic) bond motifs is 1. The number of ether oxygens (including phenoxy) is 2. The van der Waals surface area contributed by atoms with Gasteiger partial charge in [0.1, 0.15) is 16.8 Å². The van der Waals surface area contributed by atoms with E-state index in [0.29, 0.717) is 17.1 Å². The first kappa shape index (κ1) is 23.9. The highest BCUT2D eigenvalue weighted by Gasteiger charge is 2.62. The summed E-state index contributed by atoms with van der Waals surface area (Å²) in [6, 6.07) is 13.3. The van der Waals surface area contributed by atoms with Crippen LogP contribution >= 0.6 is 11.8 Å². The maximum Gasteiger partial charge on any atom is 0.319 e. The first-order chi connectivity index (χ1) is 15.5. The van der Waals surface area contributed by atoms with E-state index in [-0.39, 0.29) is 11.4 Å². The molecule has 33 heavy (non-hydrogen) atoms. The molecule has 176 valence electrons. The maximum absolute atomic E-state index is 13.9. The van der Waals surface area contributed by atoms with Crippen LogP contribution in [0.5, 0.6) is 5.75 Å². The van der Waals surface area contributed by atoms with Crippen LogP contribution in [0, 0.1) is 12.3 Å². The Morgan fingerprint density at radius 3 is 2.48 bits per heavy atom. The molecule has 0 amide bonds. The Labute approximate surface area is 200 Å². The van der Waals surface area contributed by atoms with E-state index in [9.17, 15) is 13.2 Å². The molecule has 4 rings (SSSR count). The van der Waals surface area contributed by atoms with Crippen molar-refractivity contribution in [1.82, 2.24) is 4.31 Å². The highest BCUT2D eigenvalue weighted by Crippen LogP contribution is 2.58. The van der Waals surface area contributed by atoms with Crippen LogP contribution < -0.4 is 4.74 Å². The number of rotatable bonds is 5. The Morgan fingerprint density at radius 1 is 1.15 bits per heavy atom. The molecular formula is C25H29NO5S2. The van der Waals surface area contributed by atoms with Crippen LogP contribution in [0.2, 0.25) is 0 Å². The number of hydrogen-bond donors (Lipinski definition) is 0. The predicted molar refractivity (Wildman–Crippen MR) is 130 cm³/mol. The zero-order valence-electron chi connectivity index (χ0n) is 19.5. The van der Waals surface area contributed by atoms with Gasteiger partial charge in [0, 0.05) is 12.3 Å². The van der Waals surface area contributed by atoms with Crippen molar-refractivity contribution in [2.45, 2.75) is 44.2 Å². The first-order valence-corrected chi connectivity index (χ1v) is 13.2. The van der Waals surface area contributed by atoms with E-state index >= 15 is 0 Å². The molecule has 0 aromatic heterocycles. The van der Waals surface area contributed by atoms with Crippen molar-refractivity contribution in [3.05, 3.63) is 70.6 Å². The van der Waals surface area contributed by atoms with Crippen LogP contribution in [0.15, 0.2) is 64.4 Å². The molecule has 2 atom stereocenters. The number of aryl methyl sites for hydroxylation is 1. The molecule has 0 N–H and O–H groups in total. The summed E-state index contributed by atoms with van der Waals surface area (Å²) in [5, 5.41) is 1.92. The Morgan fingerprint density at radius 2 is 1.85 bits per heavy atom. The summed E-state index contributed by atoms with van der Waals surface area (Å²) >= 11 is 1.52. The minimum atomic E-state index is -3.90. The van der Waals surface area contributed by atoms with Crippen molar-refractivity contribution in [3.8, 4) is 5.75 Å². The summed E-state index contributed by atoms with van der Waals surface area (Å²) in [4.78, 5) is 13.9. The molecule has 0 bridgehead atoms. The molecule has 0 aliphatic carbocycles. The van der Waals surface area contributed by atoms with E-state index in [4.69, 9.17) is 9.47 Å². The molecule has 2 aliphatic rings. The van der Waals surface area contributed by atoms with Gasteiger partial charge in [-0.3, -0.25) is 4.79 Å². The number of carbonyl (C=O) groups excluding carboxylic acids is 1. The Bertz CT molecular complexity index is 1200. The molecule has 2 aromatic rings. The Balaban J connectivity index is 1.90. The molecule has 8 heteroatoms. The van der Waals surface area contributed by atoms with Crippen molar-refractivity contribution >= 4 is 27.8 Å². The van der Waals surface area contributed by atoms with Gasteiger partial charge in [0.2, 0.25) is 10.0 Å². The largest absolute Gasteiger partial charge is 0.497 e. The fourth-order valence-corrected chi connectivity index (χ4v) is 7.34. The van der Waals surface area contributed by atoms with Crippen LogP contribution in [0.3, 0.4) is 0 Å². The van der Waals surface area contributed by atoms with Gasteiger partial charge in [-0.2, -0.15) is 4.31 Å². The number of methoxy groups -OCH3 is 1. The SMILES string of the molecule is COc1cccc([C@@H]2N(S(=O)(=O)c3ccc(C)cc3)CC3=CSC[C@@]32C(=O)OC(C)(C)C)c1. The molecule has 0 spiro atoms. The minimum absolute atomic E-state index is 0.129. The molecule has 1 fully saturated rings. The molecule has 2 heterocycles. The van der Waals surface area contributed by atoms with Crippen LogP contribution in [-0.4, -0.2) is 43.7 Å². The van der Waals surface area contributed by atoms with Gasteiger partial charge < -0.3 is 9.47 Å². The predicted octanol–water partition coefficient (Wildman–Crippen LogP) is 4.71. The third-order valence-electron chi connectivity index (χ3n) is 5.99. The van der Waals surface area contributed by atoms with Crippen molar-refractivity contribution in [2.24, 2.45) is 5.41 Å². The van der Waals surface area contributed by atoms with Crippen LogP contribution in [0.4, 0.5) is 0 Å². The molecule has 2 aromatic carbocycles. The number of nitrogens with zero attached hydrogens (tertiary/aromatic N) is 1. The van der Waals surface area contributed by atoms with Crippen molar-refractivity contribution in [2.75, 3.05) is 19.4 Å². The summed E-state index contributed by atoms with van der Waals surface area (Å²) in [7, 11) is -2.33. The van der Waals surface area contributed by atoms with E-state index < -0.39 is 33.1 Å². The monoisotopic (exact) mass is 487 g/mol. The molecule has 0 saturated carbocycles. The molecule has 0 radical (unpaired) electrons. The van der Waals surface area contributed by atoms with E-state index in [1.807, 2.05) is 45.2 Å². The number of carbonyl (C=O) groups is 1. The lowest BCUT2D eigenvalue weighted by atomic mass is 9.76. The van der Waals surface area contributed by atoms with E-state index in [1.165, 1.54) is 16.1 Å². The number of esters is 1. The fourth-order valence-electron chi connectivity index (χ4n) is 4.41. The lowest BCUT2D eigenvalue weighted by Crippen LogP contribution is -2.44. The average molecular weight is 488 g/mol. The topological polar surface area (TPSA) is 72.9 Å². The normalized spacial score (nSPS) is 23.2. The second-order valence-electron chi connectivity index (χ2n) is 9.47. The summed E-state index contributed by atoms with van der Waals surface area (Å²) in [5.41, 5.74) is 0.627. The summed E-state index contributed by atoms with van der Waals surface area (Å²) < 4.78 is 40.5. The lowest BCUT2D eigenvalue weighted by Gasteiger charge is -2.36.